The molecule has 1 heterocycles. The summed E-state index contributed by atoms with van der Waals surface area (Å²) in [5, 5.41) is 10.5. The number of amides is 1. The monoisotopic (exact) mass is 315 g/mol. The molecule has 0 aliphatic carbocycles. The van der Waals surface area contributed by atoms with Gasteiger partial charge in [-0.15, -0.1) is 10.2 Å². The first kappa shape index (κ1) is 13.7. The number of para-hydroxylation sites is 1. The third kappa shape index (κ3) is 3.09. The number of rotatable bonds is 3. The van der Waals surface area contributed by atoms with Crippen LogP contribution in [0.2, 0.25) is 4.47 Å². The zero-order chi connectivity index (χ0) is 14.7. The van der Waals surface area contributed by atoms with Gasteiger partial charge in [0.2, 0.25) is 9.47 Å². The van der Waals surface area contributed by atoms with E-state index in [1.807, 2.05) is 54.6 Å². The van der Waals surface area contributed by atoms with Crippen molar-refractivity contribution in [2.45, 2.75) is 0 Å². The molecule has 0 spiro atoms. The molecule has 0 radical (unpaired) electrons. The van der Waals surface area contributed by atoms with Crippen LogP contribution < -0.4 is 5.32 Å². The van der Waals surface area contributed by atoms with E-state index >= 15 is 0 Å². The summed E-state index contributed by atoms with van der Waals surface area (Å²) in [6.45, 7) is 0. The number of halogens is 1. The van der Waals surface area contributed by atoms with Gasteiger partial charge in [-0.2, -0.15) is 0 Å². The summed E-state index contributed by atoms with van der Waals surface area (Å²) < 4.78 is 0.247. The summed E-state index contributed by atoms with van der Waals surface area (Å²) in [6, 6.07) is 17.5. The van der Waals surface area contributed by atoms with E-state index in [1.54, 1.807) is 0 Å². The fourth-order valence-electron chi connectivity index (χ4n) is 1.93. The van der Waals surface area contributed by atoms with Crippen molar-refractivity contribution in [2.75, 3.05) is 5.32 Å². The molecule has 6 heteroatoms. The van der Waals surface area contributed by atoms with Crippen molar-refractivity contribution in [3.8, 4) is 11.1 Å². The van der Waals surface area contributed by atoms with E-state index in [-0.39, 0.29) is 15.4 Å². The fraction of sp³-hybridized carbons (Fsp3) is 0. The zero-order valence-corrected chi connectivity index (χ0v) is 12.4. The van der Waals surface area contributed by atoms with Gasteiger partial charge in [-0.3, -0.25) is 4.79 Å². The minimum Gasteiger partial charge on any atom is -0.319 e. The second-order valence-electron chi connectivity index (χ2n) is 4.23. The van der Waals surface area contributed by atoms with E-state index in [0.29, 0.717) is 0 Å². The quantitative estimate of drug-likeness (QED) is 0.791. The largest absolute Gasteiger partial charge is 0.319 e. The Morgan fingerprint density at radius 3 is 2.43 bits per heavy atom. The highest BCUT2D eigenvalue weighted by molar-refractivity contribution is 7.17. The molecule has 0 saturated carbocycles. The van der Waals surface area contributed by atoms with Gasteiger partial charge < -0.3 is 5.32 Å². The summed E-state index contributed by atoms with van der Waals surface area (Å²) in [4.78, 5) is 12.1. The van der Waals surface area contributed by atoms with Crippen molar-refractivity contribution in [1.82, 2.24) is 10.2 Å². The standard InChI is InChI=1S/C15H10ClN3OS/c16-15-19-18-14(21-15)13(20)17-12-9-5-4-8-11(12)10-6-2-1-3-7-10/h1-9H,(H,17,20). The van der Waals surface area contributed by atoms with Crippen LogP contribution in [-0.2, 0) is 0 Å². The molecule has 0 aliphatic rings. The maximum Gasteiger partial charge on any atom is 0.286 e. The molecular formula is C15H10ClN3OS. The van der Waals surface area contributed by atoms with Gasteiger partial charge in [0.15, 0.2) is 0 Å². The SMILES string of the molecule is O=C(Nc1ccccc1-c1ccccc1)c1nnc(Cl)s1. The third-order valence-electron chi connectivity index (χ3n) is 2.85. The summed E-state index contributed by atoms with van der Waals surface area (Å²) in [5.41, 5.74) is 2.70. The van der Waals surface area contributed by atoms with Crippen LogP contribution >= 0.6 is 22.9 Å². The van der Waals surface area contributed by atoms with Gasteiger partial charge in [-0.05, 0) is 23.2 Å². The molecule has 21 heavy (non-hydrogen) atoms. The summed E-state index contributed by atoms with van der Waals surface area (Å²) in [5.74, 6) is -0.317. The minimum atomic E-state index is -0.317. The van der Waals surface area contributed by atoms with Gasteiger partial charge in [0.1, 0.15) is 0 Å². The van der Waals surface area contributed by atoms with Crippen LogP contribution in [0.1, 0.15) is 9.80 Å². The van der Waals surface area contributed by atoms with Crippen LogP contribution in [0.15, 0.2) is 54.6 Å². The van der Waals surface area contributed by atoms with E-state index < -0.39 is 0 Å². The van der Waals surface area contributed by atoms with Crippen LogP contribution in [0, 0.1) is 0 Å². The van der Waals surface area contributed by atoms with Crippen molar-refractivity contribution < 1.29 is 4.79 Å². The average Bonchev–Trinajstić information content (AvgIpc) is 2.95. The Labute approximate surface area is 130 Å². The van der Waals surface area contributed by atoms with Gasteiger partial charge in [0, 0.05) is 11.3 Å². The van der Waals surface area contributed by atoms with Crippen LogP contribution in [0.4, 0.5) is 5.69 Å². The first-order chi connectivity index (χ1) is 10.2. The maximum absolute atomic E-state index is 12.1. The number of nitrogens with one attached hydrogen (secondary N) is 1. The molecule has 1 N–H and O–H groups in total. The normalized spacial score (nSPS) is 10.3. The van der Waals surface area contributed by atoms with E-state index in [4.69, 9.17) is 11.6 Å². The molecule has 1 amide bonds. The van der Waals surface area contributed by atoms with E-state index in [2.05, 4.69) is 15.5 Å². The number of anilines is 1. The van der Waals surface area contributed by atoms with Crippen molar-refractivity contribution >= 4 is 34.5 Å². The van der Waals surface area contributed by atoms with Gasteiger partial charge in [0.05, 0.1) is 0 Å². The van der Waals surface area contributed by atoms with E-state index in [1.165, 1.54) is 0 Å². The van der Waals surface area contributed by atoms with E-state index in [9.17, 15) is 4.79 Å². The summed E-state index contributed by atoms with van der Waals surface area (Å²) in [6.07, 6.45) is 0. The lowest BCUT2D eigenvalue weighted by Crippen LogP contribution is -2.12. The molecule has 4 nitrogen and oxygen atoms in total. The molecule has 0 unspecified atom stereocenters. The van der Waals surface area contributed by atoms with Gasteiger partial charge in [-0.1, -0.05) is 59.9 Å². The Balaban J connectivity index is 1.91. The number of nitrogens with zero attached hydrogens (tertiary/aromatic N) is 2. The second kappa shape index (κ2) is 6.03. The highest BCUT2D eigenvalue weighted by Crippen LogP contribution is 2.28. The maximum atomic E-state index is 12.1. The fourth-order valence-corrected chi connectivity index (χ4v) is 2.66. The molecule has 3 aromatic rings. The van der Waals surface area contributed by atoms with Crippen molar-refractivity contribution in [3.05, 3.63) is 64.1 Å². The zero-order valence-electron chi connectivity index (χ0n) is 10.8. The highest BCUT2D eigenvalue weighted by atomic mass is 35.5. The lowest BCUT2D eigenvalue weighted by Gasteiger charge is -2.10. The number of carbonyl (C=O) groups is 1. The molecule has 0 atom stereocenters. The van der Waals surface area contributed by atoms with Gasteiger partial charge in [-0.25, -0.2) is 0 Å². The predicted molar refractivity (Wildman–Crippen MR) is 84.8 cm³/mol. The van der Waals surface area contributed by atoms with Gasteiger partial charge in [0.25, 0.3) is 5.91 Å². The number of carbonyl (C=O) groups excluding carboxylic acids is 1. The molecule has 2 aromatic carbocycles. The molecule has 1 aromatic heterocycles. The van der Waals surface area contributed by atoms with Gasteiger partial charge >= 0.3 is 0 Å². The Morgan fingerprint density at radius 1 is 1.00 bits per heavy atom. The van der Waals surface area contributed by atoms with Crippen molar-refractivity contribution in [2.24, 2.45) is 0 Å². The molecule has 104 valence electrons. The third-order valence-corrected chi connectivity index (χ3v) is 3.87. The Kier molecular flexibility index (Phi) is 3.94. The Bertz CT molecular complexity index is 773. The minimum absolute atomic E-state index is 0.239. The number of hydrogen-bond acceptors (Lipinski definition) is 4. The molecule has 0 saturated heterocycles. The van der Waals surface area contributed by atoms with Crippen LogP contribution in [-0.4, -0.2) is 16.1 Å². The molecule has 0 fully saturated rings. The average molecular weight is 316 g/mol. The molecular weight excluding hydrogens is 306 g/mol. The summed E-state index contributed by atoms with van der Waals surface area (Å²) >= 11 is 6.75. The first-order valence-corrected chi connectivity index (χ1v) is 7.38. The smallest absolute Gasteiger partial charge is 0.286 e. The van der Waals surface area contributed by atoms with Crippen LogP contribution in [0.25, 0.3) is 11.1 Å². The topological polar surface area (TPSA) is 54.9 Å². The van der Waals surface area contributed by atoms with E-state index in [0.717, 1.165) is 28.2 Å². The van der Waals surface area contributed by atoms with Crippen molar-refractivity contribution in [3.63, 3.8) is 0 Å². The predicted octanol–water partition coefficient (Wildman–Crippen LogP) is 4.11. The molecule has 0 bridgehead atoms. The molecule has 3 rings (SSSR count). The lowest BCUT2D eigenvalue weighted by molar-refractivity contribution is 0.102. The molecule has 0 aliphatic heterocycles. The summed E-state index contributed by atoms with van der Waals surface area (Å²) in [7, 11) is 0. The second-order valence-corrected chi connectivity index (χ2v) is 5.79. The highest BCUT2D eigenvalue weighted by Gasteiger charge is 2.14. The Hall–Kier alpha value is -2.24. The number of aromatic nitrogens is 2. The number of hydrogen-bond donors (Lipinski definition) is 1. The van der Waals surface area contributed by atoms with Crippen LogP contribution in [0.5, 0.6) is 0 Å². The number of benzene rings is 2. The Morgan fingerprint density at radius 2 is 1.71 bits per heavy atom. The van der Waals surface area contributed by atoms with Crippen molar-refractivity contribution in [1.29, 1.82) is 0 Å². The van der Waals surface area contributed by atoms with Crippen LogP contribution in [0.3, 0.4) is 0 Å². The first-order valence-electron chi connectivity index (χ1n) is 6.19. The lowest BCUT2D eigenvalue weighted by atomic mass is 10.0.